The molecule has 0 aromatic heterocycles. The molecule has 2 heterocycles. The molecule has 3 aliphatic rings. The Morgan fingerprint density at radius 1 is 1.56 bits per heavy atom. The molecule has 0 aromatic rings. The fourth-order valence-electron chi connectivity index (χ4n) is 3.17. The van der Waals surface area contributed by atoms with Crippen LogP contribution in [0.3, 0.4) is 0 Å². The first-order valence-corrected chi connectivity index (χ1v) is 5.67. The second-order valence-electron chi connectivity index (χ2n) is 4.61. The van der Waals surface area contributed by atoms with Crippen molar-refractivity contribution < 1.29 is 9.90 Å². The number of carbonyl (C=O) groups is 1. The number of hydrogen-bond acceptors (Lipinski definition) is 3. The van der Waals surface area contributed by atoms with E-state index < -0.39 is 5.97 Å². The fourth-order valence-corrected chi connectivity index (χ4v) is 3.17. The minimum absolute atomic E-state index is 0.291. The lowest BCUT2D eigenvalue weighted by molar-refractivity contribution is -0.133. The third-order valence-electron chi connectivity index (χ3n) is 3.93. The summed E-state index contributed by atoms with van der Waals surface area (Å²) in [5.74, 6) is -0.291. The van der Waals surface area contributed by atoms with Crippen molar-refractivity contribution in [3.05, 3.63) is 23.4 Å². The SMILES string of the molecule is O=C(O)C1=C2C=CN=CC23NCCC3CC1. The van der Waals surface area contributed by atoms with Gasteiger partial charge in [0, 0.05) is 18.0 Å². The molecule has 0 bridgehead atoms. The smallest absolute Gasteiger partial charge is 0.331 e. The lowest BCUT2D eigenvalue weighted by Gasteiger charge is -2.39. The van der Waals surface area contributed by atoms with Gasteiger partial charge in [0.05, 0.1) is 5.54 Å². The molecule has 2 N–H and O–H groups in total. The quantitative estimate of drug-likeness (QED) is 0.693. The van der Waals surface area contributed by atoms with Gasteiger partial charge in [-0.1, -0.05) is 0 Å². The molecule has 84 valence electrons. The summed E-state index contributed by atoms with van der Waals surface area (Å²) in [5, 5.41) is 12.7. The van der Waals surface area contributed by atoms with Crippen molar-refractivity contribution in [3.8, 4) is 0 Å². The number of carboxylic acid groups (broad SMARTS) is 1. The molecule has 1 fully saturated rings. The average molecular weight is 218 g/mol. The molecule has 4 nitrogen and oxygen atoms in total. The van der Waals surface area contributed by atoms with Gasteiger partial charge in [-0.05, 0) is 43.4 Å². The number of hydrogen-bond donors (Lipinski definition) is 2. The highest BCUT2D eigenvalue weighted by atomic mass is 16.4. The van der Waals surface area contributed by atoms with E-state index in [1.807, 2.05) is 12.3 Å². The van der Waals surface area contributed by atoms with Crippen LogP contribution in [0.4, 0.5) is 0 Å². The maximum Gasteiger partial charge on any atom is 0.331 e. The summed E-state index contributed by atoms with van der Waals surface area (Å²) in [6.45, 7) is 0.945. The minimum Gasteiger partial charge on any atom is -0.478 e. The molecular formula is C12H14N2O2. The van der Waals surface area contributed by atoms with E-state index in [-0.39, 0.29) is 5.54 Å². The Labute approximate surface area is 93.8 Å². The van der Waals surface area contributed by atoms with Gasteiger partial charge in [-0.25, -0.2) is 4.79 Å². The van der Waals surface area contributed by atoms with Crippen LogP contribution in [0, 0.1) is 5.92 Å². The van der Waals surface area contributed by atoms with Crippen molar-refractivity contribution in [2.45, 2.75) is 24.8 Å². The average Bonchev–Trinajstić information content (AvgIpc) is 2.68. The molecule has 2 atom stereocenters. The number of nitrogens with one attached hydrogen (secondary N) is 1. The highest BCUT2D eigenvalue weighted by molar-refractivity contribution is 5.93. The Balaban J connectivity index is 2.17. The molecule has 0 amide bonds. The standard InChI is InChI=1S/C12H14N2O2/c15-11(16)9-2-1-8-3-6-14-12(8)7-13-5-4-10(9)12/h4-5,7-8,14H,1-3,6H2,(H,15,16). The summed E-state index contributed by atoms with van der Waals surface area (Å²) in [6.07, 6.45) is 8.16. The summed E-state index contributed by atoms with van der Waals surface area (Å²) < 4.78 is 0. The van der Waals surface area contributed by atoms with Gasteiger partial charge in [0.1, 0.15) is 0 Å². The van der Waals surface area contributed by atoms with Crippen molar-refractivity contribution >= 4 is 12.2 Å². The molecular weight excluding hydrogens is 204 g/mol. The van der Waals surface area contributed by atoms with E-state index in [9.17, 15) is 9.90 Å². The summed E-state index contributed by atoms with van der Waals surface area (Å²) in [4.78, 5) is 15.4. The van der Waals surface area contributed by atoms with Crippen LogP contribution >= 0.6 is 0 Å². The molecule has 4 heteroatoms. The van der Waals surface area contributed by atoms with Crippen LogP contribution in [-0.2, 0) is 4.79 Å². The minimum atomic E-state index is -0.790. The number of aliphatic imine (C=N–C) groups is 1. The predicted molar refractivity (Wildman–Crippen MR) is 60.4 cm³/mol. The summed E-state index contributed by atoms with van der Waals surface area (Å²) in [5.41, 5.74) is 1.18. The normalized spacial score (nSPS) is 36.1. The number of nitrogens with zero attached hydrogens (tertiary/aromatic N) is 1. The van der Waals surface area contributed by atoms with E-state index in [1.54, 1.807) is 6.20 Å². The molecule has 0 saturated carbocycles. The van der Waals surface area contributed by atoms with E-state index in [1.165, 1.54) is 0 Å². The molecule has 1 spiro atoms. The molecule has 0 radical (unpaired) electrons. The van der Waals surface area contributed by atoms with Crippen molar-refractivity contribution in [2.24, 2.45) is 10.9 Å². The molecule has 2 aliphatic heterocycles. The summed E-state index contributed by atoms with van der Waals surface area (Å²) in [7, 11) is 0. The van der Waals surface area contributed by atoms with Gasteiger partial charge < -0.3 is 10.4 Å². The topological polar surface area (TPSA) is 61.7 Å². The highest BCUT2D eigenvalue weighted by Crippen LogP contribution is 2.43. The zero-order valence-electron chi connectivity index (χ0n) is 8.94. The molecule has 0 aromatic carbocycles. The van der Waals surface area contributed by atoms with Crippen LogP contribution in [0.2, 0.25) is 0 Å². The van der Waals surface area contributed by atoms with Crippen LogP contribution in [0.5, 0.6) is 0 Å². The summed E-state index contributed by atoms with van der Waals surface area (Å²) in [6, 6.07) is 0. The van der Waals surface area contributed by atoms with Crippen molar-refractivity contribution in [1.82, 2.24) is 5.32 Å². The van der Waals surface area contributed by atoms with Gasteiger partial charge in [0.2, 0.25) is 0 Å². The largest absolute Gasteiger partial charge is 0.478 e. The first kappa shape index (κ1) is 9.78. The first-order valence-electron chi connectivity index (χ1n) is 5.67. The second kappa shape index (κ2) is 3.28. The van der Waals surface area contributed by atoms with E-state index in [2.05, 4.69) is 10.3 Å². The van der Waals surface area contributed by atoms with Gasteiger partial charge in [-0.3, -0.25) is 4.99 Å². The fraction of sp³-hybridized carbons (Fsp3) is 0.500. The molecule has 1 aliphatic carbocycles. The second-order valence-corrected chi connectivity index (χ2v) is 4.61. The van der Waals surface area contributed by atoms with E-state index >= 15 is 0 Å². The molecule has 1 saturated heterocycles. The van der Waals surface area contributed by atoms with E-state index in [0.717, 1.165) is 25.0 Å². The van der Waals surface area contributed by atoms with E-state index in [0.29, 0.717) is 17.9 Å². The van der Waals surface area contributed by atoms with Crippen LogP contribution in [0.25, 0.3) is 0 Å². The zero-order chi connectivity index (χ0) is 11.2. The first-order chi connectivity index (χ1) is 7.74. The Bertz CT molecular complexity index is 436. The lowest BCUT2D eigenvalue weighted by atomic mass is 9.70. The van der Waals surface area contributed by atoms with Gasteiger partial charge >= 0.3 is 5.97 Å². The van der Waals surface area contributed by atoms with Crippen LogP contribution in [0.15, 0.2) is 28.4 Å². The maximum absolute atomic E-state index is 11.2. The van der Waals surface area contributed by atoms with Gasteiger partial charge in [0.15, 0.2) is 0 Å². The molecule has 3 rings (SSSR count). The third kappa shape index (κ3) is 1.13. The number of aliphatic carboxylic acids is 1. The van der Waals surface area contributed by atoms with Crippen molar-refractivity contribution in [2.75, 3.05) is 6.54 Å². The number of carboxylic acids is 1. The van der Waals surface area contributed by atoms with Crippen LogP contribution in [0.1, 0.15) is 19.3 Å². The van der Waals surface area contributed by atoms with Crippen molar-refractivity contribution in [1.29, 1.82) is 0 Å². The highest BCUT2D eigenvalue weighted by Gasteiger charge is 2.48. The van der Waals surface area contributed by atoms with Gasteiger partial charge in [-0.2, -0.15) is 0 Å². The number of rotatable bonds is 1. The van der Waals surface area contributed by atoms with E-state index in [4.69, 9.17) is 0 Å². The maximum atomic E-state index is 11.2. The molecule has 2 unspecified atom stereocenters. The van der Waals surface area contributed by atoms with Crippen LogP contribution in [-0.4, -0.2) is 29.4 Å². The Hall–Kier alpha value is -1.42. The predicted octanol–water partition coefficient (Wildman–Crippen LogP) is 1.11. The molecule has 16 heavy (non-hydrogen) atoms. The van der Waals surface area contributed by atoms with Gasteiger partial charge in [-0.15, -0.1) is 0 Å². The monoisotopic (exact) mass is 218 g/mol. The Morgan fingerprint density at radius 3 is 3.25 bits per heavy atom. The zero-order valence-corrected chi connectivity index (χ0v) is 8.94. The summed E-state index contributed by atoms with van der Waals surface area (Å²) >= 11 is 0. The Kier molecular flexibility index (Phi) is 2.01. The third-order valence-corrected chi connectivity index (χ3v) is 3.93. The van der Waals surface area contributed by atoms with Crippen molar-refractivity contribution in [3.63, 3.8) is 0 Å². The van der Waals surface area contributed by atoms with Gasteiger partial charge in [0.25, 0.3) is 0 Å². The Morgan fingerprint density at radius 2 is 2.44 bits per heavy atom. The van der Waals surface area contributed by atoms with Crippen LogP contribution < -0.4 is 5.32 Å². The lowest BCUT2D eigenvalue weighted by Crippen LogP contribution is -2.51.